The predicted molar refractivity (Wildman–Crippen MR) is 197 cm³/mol. The summed E-state index contributed by atoms with van der Waals surface area (Å²) in [7, 11) is 3.39. The molecule has 4 aliphatic heterocycles. The van der Waals surface area contributed by atoms with Crippen LogP contribution in [0, 0.1) is 0 Å². The smallest absolute Gasteiger partial charge is 0.231 e. The summed E-state index contributed by atoms with van der Waals surface area (Å²) in [6.45, 7) is 3.44. The van der Waals surface area contributed by atoms with Crippen LogP contribution in [-0.4, -0.2) is 41.0 Å². The van der Waals surface area contributed by atoms with E-state index in [1.54, 1.807) is 14.2 Å². The summed E-state index contributed by atoms with van der Waals surface area (Å²) < 4.78 is 51.7. The molecule has 0 bridgehead atoms. The maximum absolute atomic E-state index is 6.47. The molecule has 10 nitrogen and oxygen atoms in total. The Bertz CT molecular complexity index is 2290. The number of fused-ring (bicyclic) bond motifs is 10. The van der Waals surface area contributed by atoms with E-state index in [4.69, 9.17) is 37.9 Å². The first-order valence-electron chi connectivity index (χ1n) is 18.3. The summed E-state index contributed by atoms with van der Waals surface area (Å²) in [6.07, 6.45) is 8.96. The second-order valence-electron chi connectivity index (χ2n) is 13.9. The Morgan fingerprint density at radius 1 is 0.545 bits per heavy atom. The lowest BCUT2D eigenvalue weighted by molar-refractivity contribution is -0.686. The molecule has 0 unspecified atom stereocenters. The number of benzene rings is 4. The number of aromatic nitrogens is 2. The van der Waals surface area contributed by atoms with E-state index in [0.717, 1.165) is 124 Å². The average Bonchev–Trinajstić information content (AvgIpc) is 3.86. The zero-order chi connectivity index (χ0) is 35.5. The van der Waals surface area contributed by atoms with E-state index in [2.05, 4.69) is 70.1 Å². The molecule has 12 heteroatoms. The maximum Gasteiger partial charge on any atom is 0.231 e. The van der Waals surface area contributed by atoms with Crippen molar-refractivity contribution in [2.24, 2.45) is 0 Å². The van der Waals surface area contributed by atoms with Crippen LogP contribution in [0.15, 0.2) is 73.1 Å². The van der Waals surface area contributed by atoms with E-state index in [1.807, 2.05) is 12.1 Å². The van der Waals surface area contributed by atoms with Gasteiger partial charge in [-0.05, 0) is 89.7 Å². The Kier molecular flexibility index (Phi) is 10.0. The third-order valence-corrected chi connectivity index (χ3v) is 10.9. The molecule has 0 saturated heterocycles. The summed E-state index contributed by atoms with van der Waals surface area (Å²) in [6, 6.07) is 21.1. The molecule has 4 aromatic carbocycles. The van der Waals surface area contributed by atoms with Gasteiger partial charge in [0.1, 0.15) is 0 Å². The molecule has 0 atom stereocenters. The van der Waals surface area contributed by atoms with E-state index in [-0.39, 0.29) is 38.4 Å². The van der Waals surface area contributed by atoms with E-state index >= 15 is 0 Å². The highest BCUT2D eigenvalue weighted by atomic mass is 35.5. The molecule has 0 fully saturated rings. The molecule has 0 spiro atoms. The third kappa shape index (κ3) is 6.41. The SMILES string of the molecule is COc1ccc2cc3[n+](cc2c1OCCCCCOc1c(OC)ccc2cc4[n+](cc12)CCc1cc2c(cc1-4)OCO2)CCc1cc2c(cc1-3)OCO2.[Cl-].[Cl-]. The quantitative estimate of drug-likeness (QED) is 0.151. The van der Waals surface area contributed by atoms with Crippen LogP contribution < -0.4 is 71.8 Å². The summed E-state index contributed by atoms with van der Waals surface area (Å²) in [5, 5.41) is 4.29. The summed E-state index contributed by atoms with van der Waals surface area (Å²) in [5.74, 6) is 6.30. The van der Waals surface area contributed by atoms with Gasteiger partial charge < -0.3 is 62.7 Å². The topological polar surface area (TPSA) is 81.6 Å². The fourth-order valence-electron chi connectivity index (χ4n) is 8.14. The number of nitrogens with zero attached hydrogens (tertiary/aromatic N) is 2. The zero-order valence-electron chi connectivity index (χ0n) is 30.6. The number of halogens is 2. The van der Waals surface area contributed by atoms with Gasteiger partial charge in [0, 0.05) is 25.0 Å². The van der Waals surface area contributed by atoms with Gasteiger partial charge in [-0.15, -0.1) is 0 Å². The number of rotatable bonds is 10. The highest BCUT2D eigenvalue weighted by Gasteiger charge is 2.30. The first kappa shape index (κ1) is 36.6. The van der Waals surface area contributed by atoms with Gasteiger partial charge in [-0.3, -0.25) is 0 Å². The van der Waals surface area contributed by atoms with E-state index < -0.39 is 0 Å². The van der Waals surface area contributed by atoms with Crippen LogP contribution in [0.25, 0.3) is 44.1 Å². The predicted octanol–water partition coefficient (Wildman–Crippen LogP) is 1.12. The molecule has 55 heavy (non-hydrogen) atoms. The average molecular weight is 784 g/mol. The Hall–Kier alpha value is -5.32. The first-order chi connectivity index (χ1) is 26.1. The minimum Gasteiger partial charge on any atom is -1.00 e. The van der Waals surface area contributed by atoms with Crippen molar-refractivity contribution in [3.63, 3.8) is 0 Å². The normalized spacial score (nSPS) is 13.9. The van der Waals surface area contributed by atoms with Crippen LogP contribution >= 0.6 is 0 Å². The lowest BCUT2D eigenvalue weighted by Gasteiger charge is -2.18. The minimum absolute atomic E-state index is 0. The molecule has 0 N–H and O–H groups in total. The summed E-state index contributed by atoms with van der Waals surface area (Å²) in [5.41, 5.74) is 7.24. The Labute approximate surface area is 331 Å². The van der Waals surface area contributed by atoms with Gasteiger partial charge in [-0.1, -0.05) is 0 Å². The van der Waals surface area contributed by atoms with Gasteiger partial charge in [-0.25, -0.2) is 0 Å². The number of methoxy groups -OCH3 is 2. The Morgan fingerprint density at radius 2 is 0.982 bits per heavy atom. The molecule has 2 aromatic heterocycles. The van der Waals surface area contributed by atoms with Crippen LogP contribution in [0.3, 0.4) is 0 Å². The molecular formula is C43H40Cl2N2O8. The first-order valence-corrected chi connectivity index (χ1v) is 18.3. The van der Waals surface area contributed by atoms with Crippen LogP contribution in [0.4, 0.5) is 0 Å². The third-order valence-electron chi connectivity index (χ3n) is 10.9. The fraction of sp³-hybridized carbons (Fsp3) is 0.302. The number of hydrogen-bond donors (Lipinski definition) is 0. The van der Waals surface area contributed by atoms with E-state index in [0.29, 0.717) is 13.2 Å². The molecule has 10 rings (SSSR count). The highest BCUT2D eigenvalue weighted by Crippen LogP contribution is 2.43. The number of hydrogen-bond acceptors (Lipinski definition) is 8. The fourth-order valence-corrected chi connectivity index (χ4v) is 8.14. The standard InChI is InChI=1S/C43H40N2O8.2ClH/c1-46-36-8-6-26-16-34-30-20-40-38(50-24-52-40)18-28(30)10-12-44(34)22-32(26)42(36)48-14-4-3-5-15-49-43-33-23-45-13-11-29-19-39-41(53-25-51-39)21-31(29)35(45)17-27(33)7-9-37(43)47-2;;/h6-9,16-23H,3-5,10-15,24-25H2,1-2H3;2*1H/q+2;;/p-2. The monoisotopic (exact) mass is 782 g/mol. The largest absolute Gasteiger partial charge is 1.00 e. The van der Waals surface area contributed by atoms with Crippen molar-refractivity contribution in [3.8, 4) is 68.5 Å². The van der Waals surface area contributed by atoms with Gasteiger partial charge >= 0.3 is 0 Å². The molecule has 0 saturated carbocycles. The molecule has 4 aliphatic rings. The number of unbranched alkanes of at least 4 members (excludes halogenated alkanes) is 2. The second kappa shape index (κ2) is 15.1. The zero-order valence-corrected chi connectivity index (χ0v) is 32.1. The summed E-state index contributed by atoms with van der Waals surface area (Å²) >= 11 is 0. The van der Waals surface area contributed by atoms with Crippen molar-refractivity contribution in [2.75, 3.05) is 41.0 Å². The lowest BCUT2D eigenvalue weighted by Crippen LogP contribution is -3.00. The number of ether oxygens (including phenoxy) is 8. The molecule has 6 heterocycles. The molecule has 0 aliphatic carbocycles. The number of aryl methyl sites for hydroxylation is 4. The van der Waals surface area contributed by atoms with Crippen LogP contribution in [0.2, 0.25) is 0 Å². The van der Waals surface area contributed by atoms with Gasteiger partial charge in [0.05, 0.1) is 49.3 Å². The van der Waals surface area contributed by atoms with Crippen molar-refractivity contribution in [1.29, 1.82) is 0 Å². The second-order valence-corrected chi connectivity index (χ2v) is 13.9. The van der Waals surface area contributed by atoms with E-state index in [1.165, 1.54) is 22.3 Å². The van der Waals surface area contributed by atoms with Crippen molar-refractivity contribution in [3.05, 3.63) is 84.2 Å². The van der Waals surface area contributed by atoms with Crippen molar-refractivity contribution in [2.45, 2.75) is 45.2 Å². The molecular weight excluding hydrogens is 743 g/mol. The summed E-state index contributed by atoms with van der Waals surface area (Å²) in [4.78, 5) is 0. The Morgan fingerprint density at radius 3 is 1.42 bits per heavy atom. The van der Waals surface area contributed by atoms with Crippen molar-refractivity contribution >= 4 is 21.5 Å². The van der Waals surface area contributed by atoms with Crippen molar-refractivity contribution < 1.29 is 71.8 Å². The van der Waals surface area contributed by atoms with Crippen molar-refractivity contribution in [1.82, 2.24) is 0 Å². The van der Waals surface area contributed by atoms with Crippen LogP contribution in [0.5, 0.6) is 46.0 Å². The molecule has 0 radical (unpaired) electrons. The molecule has 284 valence electrons. The van der Waals surface area contributed by atoms with Gasteiger partial charge in [-0.2, -0.15) is 9.13 Å². The highest BCUT2D eigenvalue weighted by molar-refractivity contribution is 5.93. The van der Waals surface area contributed by atoms with Crippen LogP contribution in [-0.2, 0) is 25.9 Å². The van der Waals surface area contributed by atoms with Gasteiger partial charge in [0.2, 0.25) is 25.0 Å². The molecule has 6 aromatic rings. The van der Waals surface area contributed by atoms with Gasteiger partial charge in [0.25, 0.3) is 0 Å². The molecule has 0 amide bonds. The minimum atomic E-state index is 0. The number of pyridine rings is 2. The van der Waals surface area contributed by atoms with E-state index in [9.17, 15) is 0 Å². The Balaban J connectivity index is 0.00000214. The van der Waals surface area contributed by atoms with Crippen LogP contribution in [0.1, 0.15) is 30.4 Å². The lowest BCUT2D eigenvalue weighted by atomic mass is 9.95. The van der Waals surface area contributed by atoms with Gasteiger partial charge in [0.15, 0.2) is 71.5 Å². The maximum atomic E-state index is 6.47.